The predicted octanol–water partition coefficient (Wildman–Crippen LogP) is 2.60. The summed E-state index contributed by atoms with van der Waals surface area (Å²) in [6.45, 7) is 2.04. The van der Waals surface area contributed by atoms with E-state index in [1.165, 1.54) is 0 Å². The Kier molecular flexibility index (Phi) is 3.90. The molecule has 0 saturated carbocycles. The van der Waals surface area contributed by atoms with Gasteiger partial charge >= 0.3 is 0 Å². The standard InChI is InChI=1S/C11H14Cl2N2O/c12-9-5-14-6-10(13)11(9)15-3-1-8(7-16)2-4-15/h5-6,8,16H,1-4,7H2. The van der Waals surface area contributed by atoms with Crippen LogP contribution in [0.15, 0.2) is 12.4 Å². The van der Waals surface area contributed by atoms with Gasteiger partial charge in [0.15, 0.2) is 0 Å². The largest absolute Gasteiger partial charge is 0.396 e. The number of nitrogens with zero attached hydrogens (tertiary/aromatic N) is 2. The number of aliphatic hydroxyl groups is 1. The number of piperidine rings is 1. The maximum Gasteiger partial charge on any atom is 0.0838 e. The van der Waals surface area contributed by atoms with Crippen LogP contribution in [0, 0.1) is 5.92 Å². The first-order chi connectivity index (χ1) is 7.72. The Morgan fingerprint density at radius 2 is 1.81 bits per heavy atom. The normalized spacial score (nSPS) is 17.8. The predicted molar refractivity (Wildman–Crippen MR) is 66.3 cm³/mol. The van der Waals surface area contributed by atoms with Gasteiger partial charge in [0, 0.05) is 32.1 Å². The van der Waals surface area contributed by atoms with Crippen molar-refractivity contribution in [3.05, 3.63) is 22.4 Å². The Morgan fingerprint density at radius 3 is 2.31 bits per heavy atom. The summed E-state index contributed by atoms with van der Waals surface area (Å²) in [7, 11) is 0. The van der Waals surface area contributed by atoms with Crippen LogP contribution in [0.3, 0.4) is 0 Å². The van der Waals surface area contributed by atoms with E-state index in [1.54, 1.807) is 12.4 Å². The van der Waals surface area contributed by atoms with Crippen molar-refractivity contribution in [2.75, 3.05) is 24.6 Å². The van der Waals surface area contributed by atoms with Gasteiger partial charge in [-0.1, -0.05) is 23.2 Å². The van der Waals surface area contributed by atoms with Crippen molar-refractivity contribution in [2.45, 2.75) is 12.8 Å². The smallest absolute Gasteiger partial charge is 0.0838 e. The highest BCUT2D eigenvalue weighted by Gasteiger charge is 2.21. The summed E-state index contributed by atoms with van der Waals surface area (Å²) in [5.41, 5.74) is 0.870. The van der Waals surface area contributed by atoms with Crippen LogP contribution in [0.4, 0.5) is 5.69 Å². The van der Waals surface area contributed by atoms with Crippen molar-refractivity contribution >= 4 is 28.9 Å². The second-order valence-electron chi connectivity index (χ2n) is 4.06. The molecular formula is C11H14Cl2N2O. The minimum Gasteiger partial charge on any atom is -0.396 e. The minimum absolute atomic E-state index is 0.269. The Hall–Kier alpha value is -0.510. The van der Waals surface area contributed by atoms with Gasteiger partial charge in [-0.15, -0.1) is 0 Å². The van der Waals surface area contributed by atoms with Gasteiger partial charge in [-0.3, -0.25) is 4.98 Å². The van der Waals surface area contributed by atoms with Crippen molar-refractivity contribution in [1.82, 2.24) is 4.98 Å². The highest BCUT2D eigenvalue weighted by atomic mass is 35.5. The fourth-order valence-electron chi connectivity index (χ4n) is 2.05. The summed E-state index contributed by atoms with van der Waals surface area (Å²) in [5, 5.41) is 10.3. The number of rotatable bonds is 2. The summed E-state index contributed by atoms with van der Waals surface area (Å²) in [6.07, 6.45) is 5.18. The summed E-state index contributed by atoms with van der Waals surface area (Å²) in [6, 6.07) is 0. The number of halogens is 2. The molecule has 3 nitrogen and oxygen atoms in total. The van der Waals surface area contributed by atoms with Gasteiger partial charge in [0.25, 0.3) is 0 Å². The Labute approximate surface area is 105 Å². The third-order valence-corrected chi connectivity index (χ3v) is 3.57. The Morgan fingerprint density at radius 1 is 1.25 bits per heavy atom. The fraction of sp³-hybridized carbons (Fsp3) is 0.545. The molecule has 5 heteroatoms. The lowest BCUT2D eigenvalue weighted by atomic mass is 9.97. The third kappa shape index (κ3) is 2.42. The first kappa shape index (κ1) is 12.0. The fourth-order valence-corrected chi connectivity index (χ4v) is 2.65. The summed E-state index contributed by atoms with van der Waals surface area (Å²) in [5.74, 6) is 0.413. The van der Waals surface area contributed by atoms with Crippen molar-refractivity contribution in [2.24, 2.45) is 5.92 Å². The van der Waals surface area contributed by atoms with E-state index < -0.39 is 0 Å². The molecular weight excluding hydrogens is 247 g/mol. The van der Waals surface area contributed by atoms with Crippen LogP contribution in [0.25, 0.3) is 0 Å². The molecule has 0 spiro atoms. The lowest BCUT2D eigenvalue weighted by Gasteiger charge is -2.33. The van der Waals surface area contributed by atoms with Crippen LogP contribution in [-0.2, 0) is 0 Å². The lowest BCUT2D eigenvalue weighted by molar-refractivity contribution is 0.203. The molecule has 1 saturated heterocycles. The van der Waals surface area contributed by atoms with E-state index in [4.69, 9.17) is 28.3 Å². The molecule has 88 valence electrons. The van der Waals surface area contributed by atoms with E-state index in [0.717, 1.165) is 31.6 Å². The van der Waals surface area contributed by atoms with E-state index in [-0.39, 0.29) is 6.61 Å². The van der Waals surface area contributed by atoms with Gasteiger partial charge in [-0.05, 0) is 18.8 Å². The quantitative estimate of drug-likeness (QED) is 0.888. The van der Waals surface area contributed by atoms with Gasteiger partial charge in [0.1, 0.15) is 0 Å². The zero-order valence-electron chi connectivity index (χ0n) is 8.87. The van der Waals surface area contributed by atoms with Crippen molar-refractivity contribution in [1.29, 1.82) is 0 Å². The average Bonchev–Trinajstić information content (AvgIpc) is 2.30. The maximum atomic E-state index is 9.08. The van der Waals surface area contributed by atoms with E-state index >= 15 is 0 Å². The molecule has 1 aliphatic heterocycles. The second-order valence-corrected chi connectivity index (χ2v) is 4.88. The van der Waals surface area contributed by atoms with Crippen LogP contribution in [0.1, 0.15) is 12.8 Å². The molecule has 1 fully saturated rings. The number of pyridine rings is 1. The van der Waals surface area contributed by atoms with E-state index in [1.807, 2.05) is 0 Å². The van der Waals surface area contributed by atoms with Crippen LogP contribution < -0.4 is 4.90 Å². The van der Waals surface area contributed by atoms with Crippen LogP contribution in [0.5, 0.6) is 0 Å². The molecule has 1 N–H and O–H groups in total. The monoisotopic (exact) mass is 260 g/mol. The summed E-state index contributed by atoms with van der Waals surface area (Å²) < 4.78 is 0. The maximum absolute atomic E-state index is 9.08. The topological polar surface area (TPSA) is 36.4 Å². The molecule has 0 aromatic carbocycles. The zero-order chi connectivity index (χ0) is 11.5. The Balaban J connectivity index is 2.14. The van der Waals surface area contributed by atoms with E-state index in [0.29, 0.717) is 16.0 Å². The molecule has 1 aromatic heterocycles. The van der Waals surface area contributed by atoms with E-state index in [9.17, 15) is 0 Å². The van der Waals surface area contributed by atoms with Gasteiger partial charge < -0.3 is 10.0 Å². The highest BCUT2D eigenvalue weighted by Crippen LogP contribution is 2.34. The van der Waals surface area contributed by atoms with Crippen LogP contribution in [-0.4, -0.2) is 29.8 Å². The van der Waals surface area contributed by atoms with Gasteiger partial charge in [0.2, 0.25) is 0 Å². The molecule has 16 heavy (non-hydrogen) atoms. The van der Waals surface area contributed by atoms with Crippen molar-refractivity contribution in [3.63, 3.8) is 0 Å². The molecule has 0 radical (unpaired) electrons. The molecule has 0 aliphatic carbocycles. The van der Waals surface area contributed by atoms with Gasteiger partial charge in [-0.25, -0.2) is 0 Å². The number of anilines is 1. The molecule has 1 aromatic rings. The zero-order valence-corrected chi connectivity index (χ0v) is 10.4. The summed E-state index contributed by atoms with van der Waals surface area (Å²) in [4.78, 5) is 6.11. The minimum atomic E-state index is 0.269. The van der Waals surface area contributed by atoms with Crippen molar-refractivity contribution in [3.8, 4) is 0 Å². The van der Waals surface area contributed by atoms with Gasteiger partial charge in [-0.2, -0.15) is 0 Å². The second kappa shape index (κ2) is 5.21. The first-order valence-corrected chi connectivity index (χ1v) is 6.12. The molecule has 1 aliphatic rings. The average molecular weight is 261 g/mol. The van der Waals surface area contributed by atoms with Crippen molar-refractivity contribution < 1.29 is 5.11 Å². The third-order valence-electron chi connectivity index (χ3n) is 3.02. The summed E-state index contributed by atoms with van der Waals surface area (Å²) >= 11 is 12.2. The molecule has 0 amide bonds. The molecule has 2 heterocycles. The molecule has 0 atom stereocenters. The first-order valence-electron chi connectivity index (χ1n) is 5.37. The van der Waals surface area contributed by atoms with E-state index in [2.05, 4.69) is 9.88 Å². The molecule has 0 unspecified atom stereocenters. The molecule has 0 bridgehead atoms. The van der Waals surface area contributed by atoms with Crippen LogP contribution in [0.2, 0.25) is 10.0 Å². The number of aromatic nitrogens is 1. The lowest BCUT2D eigenvalue weighted by Crippen LogP contribution is -2.35. The number of hydrogen-bond donors (Lipinski definition) is 1. The van der Waals surface area contributed by atoms with Gasteiger partial charge in [0.05, 0.1) is 15.7 Å². The number of aliphatic hydroxyl groups excluding tert-OH is 1. The Bertz CT molecular complexity index is 345. The SMILES string of the molecule is OCC1CCN(c2c(Cl)cncc2Cl)CC1. The highest BCUT2D eigenvalue weighted by molar-refractivity contribution is 6.38. The number of hydrogen-bond acceptors (Lipinski definition) is 3. The van der Waals surface area contributed by atoms with Crippen LogP contribution >= 0.6 is 23.2 Å². The molecule has 2 rings (SSSR count).